The van der Waals surface area contributed by atoms with Crippen LogP contribution in [0.25, 0.3) is 0 Å². The van der Waals surface area contributed by atoms with Crippen LogP contribution in [0.2, 0.25) is 5.02 Å². The van der Waals surface area contributed by atoms with Gasteiger partial charge in [0.2, 0.25) is 5.91 Å². The number of amides is 2. The Balaban J connectivity index is 1.63. The van der Waals surface area contributed by atoms with Crippen molar-refractivity contribution < 1.29 is 9.59 Å². The van der Waals surface area contributed by atoms with Crippen molar-refractivity contribution in [3.8, 4) is 0 Å². The van der Waals surface area contributed by atoms with Crippen LogP contribution in [-0.4, -0.2) is 29.4 Å². The molecule has 1 saturated carbocycles. The highest BCUT2D eigenvalue weighted by Gasteiger charge is 2.36. The molecule has 2 aromatic rings. The summed E-state index contributed by atoms with van der Waals surface area (Å²) < 4.78 is 0. The molecule has 1 aliphatic rings. The van der Waals surface area contributed by atoms with Gasteiger partial charge >= 0.3 is 0 Å². The number of carbonyl (C=O) groups is 2. The zero-order valence-corrected chi connectivity index (χ0v) is 16.6. The van der Waals surface area contributed by atoms with Crippen LogP contribution in [0.4, 0.5) is 5.82 Å². The molecular weight excluding hydrogens is 376 g/mol. The van der Waals surface area contributed by atoms with Gasteiger partial charge in [0.05, 0.1) is 0 Å². The van der Waals surface area contributed by atoms with E-state index in [0.717, 1.165) is 25.7 Å². The number of hydrogen-bond acceptors (Lipinski definition) is 4. The van der Waals surface area contributed by atoms with Crippen LogP contribution in [0.1, 0.15) is 48.5 Å². The van der Waals surface area contributed by atoms with E-state index in [4.69, 9.17) is 17.3 Å². The van der Waals surface area contributed by atoms with E-state index in [2.05, 4.69) is 21.7 Å². The number of nitrogens with one attached hydrogen (secondary N) is 2. The molecule has 7 heteroatoms. The van der Waals surface area contributed by atoms with Crippen LogP contribution in [0.3, 0.4) is 0 Å². The molecule has 0 radical (unpaired) electrons. The molecule has 0 saturated heterocycles. The molecule has 3 rings (SSSR count). The van der Waals surface area contributed by atoms with Gasteiger partial charge in [-0.25, -0.2) is 4.98 Å². The Bertz CT molecular complexity index is 863. The van der Waals surface area contributed by atoms with Gasteiger partial charge in [-0.1, -0.05) is 23.7 Å². The molecule has 6 nitrogen and oxygen atoms in total. The average molecular weight is 401 g/mol. The van der Waals surface area contributed by atoms with E-state index in [0.29, 0.717) is 22.9 Å². The summed E-state index contributed by atoms with van der Waals surface area (Å²) in [6, 6.07) is 11.2. The number of nitrogens with zero attached hydrogens (tertiary/aromatic N) is 1. The summed E-state index contributed by atoms with van der Waals surface area (Å²) in [4.78, 5) is 27.8. The third kappa shape index (κ3) is 4.69. The lowest BCUT2D eigenvalue weighted by molar-refractivity contribution is -0.114. The Kier molecular flexibility index (Phi) is 6.31. The van der Waals surface area contributed by atoms with Crippen molar-refractivity contribution in [2.75, 3.05) is 11.9 Å². The summed E-state index contributed by atoms with van der Waals surface area (Å²) in [7, 11) is 0. The smallest absolute Gasteiger partial charge is 0.251 e. The maximum Gasteiger partial charge on any atom is 0.251 e. The first-order chi connectivity index (χ1) is 13.4. The maximum absolute atomic E-state index is 12.6. The Morgan fingerprint density at radius 1 is 1.25 bits per heavy atom. The van der Waals surface area contributed by atoms with Gasteiger partial charge < -0.3 is 16.4 Å². The predicted molar refractivity (Wildman–Crippen MR) is 110 cm³/mol. The van der Waals surface area contributed by atoms with Crippen molar-refractivity contribution in [2.45, 2.75) is 44.1 Å². The first-order valence-corrected chi connectivity index (χ1v) is 9.80. The monoisotopic (exact) mass is 400 g/mol. The van der Waals surface area contributed by atoms with E-state index >= 15 is 0 Å². The Labute approximate surface area is 169 Å². The lowest BCUT2D eigenvalue weighted by Gasteiger charge is -2.40. The van der Waals surface area contributed by atoms with Crippen LogP contribution in [0.15, 0.2) is 42.6 Å². The van der Waals surface area contributed by atoms with Crippen LogP contribution < -0.4 is 16.4 Å². The zero-order valence-electron chi connectivity index (χ0n) is 15.9. The van der Waals surface area contributed by atoms with Crippen LogP contribution in [0.5, 0.6) is 0 Å². The van der Waals surface area contributed by atoms with Crippen LogP contribution >= 0.6 is 11.6 Å². The third-order valence-corrected chi connectivity index (χ3v) is 5.67. The fourth-order valence-electron chi connectivity index (χ4n) is 3.83. The normalized spacial score (nSPS) is 21.8. The number of pyridine rings is 1. The number of halogens is 1. The minimum Gasteiger partial charge on any atom is -0.349 e. The summed E-state index contributed by atoms with van der Waals surface area (Å²) in [5.74, 6) is -0.0228. The minimum absolute atomic E-state index is 0.0868. The minimum atomic E-state index is -0.225. The third-order valence-electron chi connectivity index (χ3n) is 5.43. The molecule has 4 N–H and O–H groups in total. The van der Waals surface area contributed by atoms with Gasteiger partial charge in [0.1, 0.15) is 5.82 Å². The molecule has 1 fully saturated rings. The topological polar surface area (TPSA) is 97.1 Å². The van der Waals surface area contributed by atoms with Crippen molar-refractivity contribution in [1.82, 2.24) is 10.3 Å². The quantitative estimate of drug-likeness (QED) is 0.717. The van der Waals surface area contributed by atoms with Crippen molar-refractivity contribution >= 4 is 29.2 Å². The van der Waals surface area contributed by atoms with E-state index in [-0.39, 0.29) is 23.3 Å². The zero-order chi connectivity index (χ0) is 20.1. The molecule has 2 amide bonds. The maximum atomic E-state index is 12.6. The molecule has 148 valence electrons. The van der Waals surface area contributed by atoms with Crippen molar-refractivity contribution in [2.24, 2.45) is 5.73 Å². The number of aromatic nitrogens is 1. The van der Waals surface area contributed by atoms with Crippen molar-refractivity contribution in [1.29, 1.82) is 0 Å². The van der Waals surface area contributed by atoms with Gasteiger partial charge in [0.25, 0.3) is 5.91 Å². The van der Waals surface area contributed by atoms with Gasteiger partial charge in [0, 0.05) is 41.7 Å². The molecule has 1 heterocycles. The molecular formula is C21H25ClN4O2. The van der Waals surface area contributed by atoms with Gasteiger partial charge in [-0.05, 0) is 55.5 Å². The molecule has 0 bridgehead atoms. The lowest BCUT2D eigenvalue weighted by atomic mass is 9.68. The first kappa shape index (κ1) is 20.3. The highest BCUT2D eigenvalue weighted by Crippen LogP contribution is 2.39. The van der Waals surface area contributed by atoms with Gasteiger partial charge in [0.15, 0.2) is 0 Å². The molecule has 1 aromatic heterocycles. The van der Waals surface area contributed by atoms with E-state index in [1.165, 1.54) is 18.7 Å². The molecule has 1 aromatic carbocycles. The number of hydrogen-bond donors (Lipinski definition) is 3. The molecule has 0 atom stereocenters. The standard InChI is InChI=1S/C21H25ClN4O2/c1-14(27)25-19-11-15(7-10-24-19)20(28)26-18-5-8-21(13-23,9-6-18)16-3-2-4-17(22)12-16/h2-4,7,10-12,18H,5-6,8-9,13,23H2,1H3,(H,26,28)(H,24,25,27)/t18-,21-. The van der Waals surface area contributed by atoms with Crippen LogP contribution in [0, 0.1) is 0 Å². The lowest BCUT2D eigenvalue weighted by Crippen LogP contribution is -2.45. The first-order valence-electron chi connectivity index (χ1n) is 9.42. The van der Waals surface area contributed by atoms with E-state index in [1.807, 2.05) is 18.2 Å². The van der Waals surface area contributed by atoms with Crippen molar-refractivity contribution in [3.05, 3.63) is 58.7 Å². The second-order valence-electron chi connectivity index (χ2n) is 7.35. The van der Waals surface area contributed by atoms with Gasteiger partial charge in [-0.15, -0.1) is 0 Å². The molecule has 0 unspecified atom stereocenters. The second-order valence-corrected chi connectivity index (χ2v) is 7.79. The highest BCUT2D eigenvalue weighted by molar-refractivity contribution is 6.30. The largest absolute Gasteiger partial charge is 0.349 e. The highest BCUT2D eigenvalue weighted by atomic mass is 35.5. The number of nitrogens with two attached hydrogens (primary N) is 1. The molecule has 1 aliphatic carbocycles. The number of benzene rings is 1. The van der Waals surface area contributed by atoms with Crippen molar-refractivity contribution in [3.63, 3.8) is 0 Å². The van der Waals surface area contributed by atoms with Gasteiger partial charge in [-0.2, -0.15) is 0 Å². The Hall–Kier alpha value is -2.44. The summed E-state index contributed by atoms with van der Waals surface area (Å²) in [6.07, 6.45) is 4.99. The Morgan fingerprint density at radius 3 is 2.64 bits per heavy atom. The summed E-state index contributed by atoms with van der Waals surface area (Å²) in [5.41, 5.74) is 7.69. The number of rotatable bonds is 5. The average Bonchev–Trinajstić information content (AvgIpc) is 2.68. The molecule has 0 aliphatic heterocycles. The van der Waals surface area contributed by atoms with E-state index in [1.54, 1.807) is 12.1 Å². The predicted octanol–water partition coefficient (Wildman–Crippen LogP) is 3.26. The summed E-state index contributed by atoms with van der Waals surface area (Å²) in [5, 5.41) is 6.40. The van der Waals surface area contributed by atoms with Gasteiger partial charge in [-0.3, -0.25) is 9.59 Å². The molecule has 0 spiro atoms. The van der Waals surface area contributed by atoms with Crippen LogP contribution in [-0.2, 0) is 10.2 Å². The van der Waals surface area contributed by atoms with E-state index < -0.39 is 0 Å². The fourth-order valence-corrected chi connectivity index (χ4v) is 4.02. The number of carbonyl (C=O) groups excluding carboxylic acids is 2. The summed E-state index contributed by atoms with van der Waals surface area (Å²) >= 11 is 6.16. The molecule has 28 heavy (non-hydrogen) atoms. The Morgan fingerprint density at radius 2 is 2.00 bits per heavy atom. The van der Waals surface area contributed by atoms with E-state index in [9.17, 15) is 9.59 Å². The fraction of sp³-hybridized carbons (Fsp3) is 0.381. The second kappa shape index (κ2) is 8.71. The number of anilines is 1. The summed E-state index contributed by atoms with van der Waals surface area (Å²) in [6.45, 7) is 1.96. The SMILES string of the molecule is CC(=O)Nc1cc(C(=O)N[C@H]2CC[C@](CN)(c3cccc(Cl)c3)CC2)ccn1.